The van der Waals surface area contributed by atoms with Gasteiger partial charge in [-0.3, -0.25) is 15.1 Å². The Hall–Kier alpha value is -3.52. The third kappa shape index (κ3) is 4.01. The van der Waals surface area contributed by atoms with Crippen LogP contribution in [0.15, 0.2) is 78.6 Å². The van der Waals surface area contributed by atoms with Gasteiger partial charge >= 0.3 is 0 Å². The van der Waals surface area contributed by atoms with Crippen LogP contribution in [-0.4, -0.2) is 27.0 Å². The molecule has 1 N–H and O–H groups in total. The van der Waals surface area contributed by atoms with Gasteiger partial charge < -0.3 is 9.47 Å². The van der Waals surface area contributed by atoms with Crippen molar-refractivity contribution in [1.82, 2.24) is 14.5 Å². The van der Waals surface area contributed by atoms with Crippen LogP contribution in [0.4, 0.5) is 15.2 Å². The highest BCUT2D eigenvalue weighted by molar-refractivity contribution is 7.14. The van der Waals surface area contributed by atoms with Crippen molar-refractivity contribution in [2.75, 3.05) is 16.8 Å². The molecule has 0 radical (unpaired) electrons. The first-order chi connectivity index (χ1) is 15.7. The number of nitrogens with zero attached hydrogens (tertiary/aromatic N) is 4. The van der Waals surface area contributed by atoms with Gasteiger partial charge in [0.05, 0.1) is 11.7 Å². The number of rotatable bonds is 6. The number of alkyl halides is 1. The predicted octanol–water partition coefficient (Wildman–Crippen LogP) is 5.45. The Morgan fingerprint density at radius 1 is 1.12 bits per heavy atom. The van der Waals surface area contributed by atoms with Gasteiger partial charge in [0, 0.05) is 41.8 Å². The molecule has 32 heavy (non-hydrogen) atoms. The van der Waals surface area contributed by atoms with E-state index >= 15 is 4.39 Å². The number of pyridine rings is 1. The number of halogens is 1. The lowest BCUT2D eigenvalue weighted by Crippen LogP contribution is -2.23. The van der Waals surface area contributed by atoms with Crippen molar-refractivity contribution in [2.24, 2.45) is 0 Å². The Morgan fingerprint density at radius 3 is 2.75 bits per heavy atom. The zero-order valence-electron chi connectivity index (χ0n) is 17.3. The van der Waals surface area contributed by atoms with Gasteiger partial charge in [-0.1, -0.05) is 18.2 Å². The van der Waals surface area contributed by atoms with E-state index in [0.29, 0.717) is 10.7 Å². The normalized spacial score (nSPS) is 16.8. The van der Waals surface area contributed by atoms with Crippen molar-refractivity contribution in [2.45, 2.75) is 25.2 Å². The van der Waals surface area contributed by atoms with Crippen LogP contribution in [0.25, 0.3) is 0 Å². The number of hydrogen-bond donors (Lipinski definition) is 1. The van der Waals surface area contributed by atoms with Crippen molar-refractivity contribution in [3.05, 3.63) is 95.5 Å². The Labute approximate surface area is 189 Å². The van der Waals surface area contributed by atoms with Gasteiger partial charge in [-0.15, -0.1) is 11.3 Å². The summed E-state index contributed by atoms with van der Waals surface area (Å²) in [5, 5.41) is 5.35. The molecule has 0 aliphatic carbocycles. The standard InChI is InChI=1S/C24H22FN5OS/c25-22(17-10-12-26-13-11-17)30-15-5-9-21(30)23(31)28-24-27-19(16-32-24)20-8-4-14-29(20)18-6-2-1-3-7-18/h1-3,5-7,9-13,15-16,20,22H,4,8,14H2,(H,27,28,31)/t20-,22?/m1/s1. The Morgan fingerprint density at radius 2 is 1.94 bits per heavy atom. The second-order valence-electron chi connectivity index (χ2n) is 7.64. The van der Waals surface area contributed by atoms with Crippen molar-refractivity contribution in [3.63, 3.8) is 0 Å². The second-order valence-corrected chi connectivity index (χ2v) is 8.49. The van der Waals surface area contributed by atoms with Gasteiger partial charge in [0.15, 0.2) is 5.13 Å². The molecule has 1 aromatic carbocycles. The Kier molecular flexibility index (Phi) is 5.68. The Balaban J connectivity index is 1.32. The van der Waals surface area contributed by atoms with Gasteiger partial charge in [0.1, 0.15) is 5.69 Å². The van der Waals surface area contributed by atoms with E-state index in [4.69, 9.17) is 0 Å². The third-order valence-electron chi connectivity index (χ3n) is 5.66. The highest BCUT2D eigenvalue weighted by atomic mass is 32.1. The van der Waals surface area contributed by atoms with E-state index in [9.17, 15) is 4.79 Å². The van der Waals surface area contributed by atoms with Gasteiger partial charge in [-0.2, -0.15) is 0 Å². The summed E-state index contributed by atoms with van der Waals surface area (Å²) in [5.41, 5.74) is 2.79. The molecule has 3 aromatic heterocycles. The fourth-order valence-corrected chi connectivity index (χ4v) is 4.88. The highest BCUT2D eigenvalue weighted by Gasteiger charge is 2.28. The van der Waals surface area contributed by atoms with Crippen LogP contribution in [0.5, 0.6) is 0 Å². The predicted molar refractivity (Wildman–Crippen MR) is 124 cm³/mol. The lowest BCUT2D eigenvalue weighted by molar-refractivity contribution is 0.101. The molecule has 1 fully saturated rings. The van der Waals surface area contributed by atoms with Gasteiger partial charge in [0.2, 0.25) is 6.30 Å². The van der Waals surface area contributed by atoms with E-state index in [2.05, 4.69) is 32.3 Å². The van der Waals surface area contributed by atoms with E-state index < -0.39 is 6.30 Å². The molecule has 162 valence electrons. The van der Waals surface area contributed by atoms with E-state index in [1.54, 1.807) is 30.5 Å². The van der Waals surface area contributed by atoms with Crippen LogP contribution in [0.2, 0.25) is 0 Å². The molecule has 5 rings (SSSR count). The molecule has 1 aliphatic rings. The number of nitrogens with one attached hydrogen (secondary N) is 1. The van der Waals surface area contributed by atoms with Gasteiger partial charge in [0.25, 0.3) is 5.91 Å². The number of carbonyl (C=O) groups is 1. The average Bonchev–Trinajstić information content (AvgIpc) is 3.60. The maximum Gasteiger partial charge on any atom is 0.274 e. The molecule has 6 nitrogen and oxygen atoms in total. The van der Waals surface area contributed by atoms with Crippen LogP contribution >= 0.6 is 11.3 Å². The topological polar surface area (TPSA) is 63.1 Å². The number of para-hydroxylation sites is 1. The van der Waals surface area contributed by atoms with Gasteiger partial charge in [-0.25, -0.2) is 9.37 Å². The zero-order valence-corrected chi connectivity index (χ0v) is 18.1. The summed E-state index contributed by atoms with van der Waals surface area (Å²) in [7, 11) is 0. The fourth-order valence-electron chi connectivity index (χ4n) is 4.13. The minimum atomic E-state index is -1.47. The average molecular weight is 448 g/mol. The number of carbonyl (C=O) groups excluding carboxylic acids is 1. The van der Waals surface area contributed by atoms with E-state index in [1.165, 1.54) is 34.0 Å². The zero-order chi connectivity index (χ0) is 21.9. The van der Waals surface area contributed by atoms with Crippen LogP contribution in [-0.2, 0) is 0 Å². The molecular formula is C24H22FN5OS. The number of aromatic nitrogens is 3. The lowest BCUT2D eigenvalue weighted by atomic mass is 10.1. The minimum absolute atomic E-state index is 0.185. The van der Waals surface area contributed by atoms with E-state index in [1.807, 2.05) is 23.6 Å². The number of hydrogen-bond acceptors (Lipinski definition) is 5. The highest BCUT2D eigenvalue weighted by Crippen LogP contribution is 2.37. The molecule has 8 heteroatoms. The second kappa shape index (κ2) is 8.92. The first-order valence-corrected chi connectivity index (χ1v) is 11.4. The van der Waals surface area contributed by atoms with Crippen LogP contribution in [0.1, 0.15) is 46.9 Å². The SMILES string of the molecule is O=C(Nc1nc([C@H]2CCCN2c2ccccc2)cs1)c1cccn1C(F)c1ccncc1. The first kappa shape index (κ1) is 20.4. The summed E-state index contributed by atoms with van der Waals surface area (Å²) in [6, 6.07) is 16.9. The fraction of sp³-hybridized carbons (Fsp3) is 0.208. The summed E-state index contributed by atoms with van der Waals surface area (Å²) >= 11 is 1.39. The first-order valence-electron chi connectivity index (χ1n) is 10.5. The molecule has 0 saturated carbocycles. The van der Waals surface area contributed by atoms with Crippen LogP contribution < -0.4 is 10.2 Å². The summed E-state index contributed by atoms with van der Waals surface area (Å²) in [5.74, 6) is -0.390. The van der Waals surface area contributed by atoms with Gasteiger partial charge in [-0.05, 0) is 49.2 Å². The minimum Gasteiger partial charge on any atom is -0.363 e. The smallest absolute Gasteiger partial charge is 0.274 e. The molecule has 4 aromatic rings. The van der Waals surface area contributed by atoms with Crippen molar-refractivity contribution in [1.29, 1.82) is 0 Å². The van der Waals surface area contributed by atoms with E-state index in [0.717, 1.165) is 25.1 Å². The molecule has 1 amide bonds. The van der Waals surface area contributed by atoms with Crippen LogP contribution in [0.3, 0.4) is 0 Å². The van der Waals surface area contributed by atoms with Crippen molar-refractivity contribution < 1.29 is 9.18 Å². The molecule has 1 saturated heterocycles. The summed E-state index contributed by atoms with van der Waals surface area (Å²) in [4.78, 5) is 23.8. The summed E-state index contributed by atoms with van der Waals surface area (Å²) < 4.78 is 16.3. The molecule has 1 unspecified atom stereocenters. The molecule has 1 aliphatic heterocycles. The quantitative estimate of drug-likeness (QED) is 0.427. The van der Waals surface area contributed by atoms with E-state index in [-0.39, 0.29) is 17.6 Å². The molecule has 4 heterocycles. The maximum absolute atomic E-state index is 15.0. The summed E-state index contributed by atoms with van der Waals surface area (Å²) in [6.45, 7) is 0.980. The van der Waals surface area contributed by atoms with Crippen molar-refractivity contribution >= 4 is 28.1 Å². The number of benzene rings is 1. The monoisotopic (exact) mass is 447 g/mol. The molecule has 0 bridgehead atoms. The molecular weight excluding hydrogens is 425 g/mol. The Bertz CT molecular complexity index is 1190. The number of amides is 1. The lowest BCUT2D eigenvalue weighted by Gasteiger charge is -2.25. The molecule has 0 spiro atoms. The third-order valence-corrected chi connectivity index (χ3v) is 6.44. The number of thiazole rings is 1. The van der Waals surface area contributed by atoms with Crippen LogP contribution in [0, 0.1) is 0 Å². The molecule has 2 atom stereocenters. The summed E-state index contributed by atoms with van der Waals surface area (Å²) in [6.07, 6.45) is 5.26. The number of anilines is 2. The maximum atomic E-state index is 15.0. The van der Waals surface area contributed by atoms with Crippen molar-refractivity contribution in [3.8, 4) is 0 Å². The largest absolute Gasteiger partial charge is 0.363 e.